The molecule has 0 saturated heterocycles. The van der Waals surface area contributed by atoms with Crippen molar-refractivity contribution < 1.29 is 9.90 Å². The molecule has 2 rings (SSSR count). The first-order valence-corrected chi connectivity index (χ1v) is 8.06. The first-order valence-electron chi connectivity index (χ1n) is 7.68. The second kappa shape index (κ2) is 7.51. The van der Waals surface area contributed by atoms with E-state index < -0.39 is 0 Å². The lowest BCUT2D eigenvalue weighted by atomic mass is 9.84. The molecule has 0 spiro atoms. The number of amides is 1. The van der Waals surface area contributed by atoms with Crippen molar-refractivity contribution in [2.24, 2.45) is 0 Å². The molecule has 0 saturated carbocycles. The van der Waals surface area contributed by atoms with Gasteiger partial charge in [0, 0.05) is 23.4 Å². The average Bonchev–Trinajstić information content (AvgIpc) is 2.53. The Labute approximate surface area is 142 Å². The zero-order valence-electron chi connectivity index (χ0n) is 13.5. The fraction of sp³-hybridized carbons (Fsp3) is 0.316. The van der Waals surface area contributed by atoms with Crippen molar-refractivity contribution in [1.82, 2.24) is 5.32 Å². The Bertz CT molecular complexity index is 665. The van der Waals surface area contributed by atoms with E-state index in [1.165, 1.54) is 0 Å². The van der Waals surface area contributed by atoms with Crippen LogP contribution < -0.4 is 5.32 Å². The summed E-state index contributed by atoms with van der Waals surface area (Å²) in [5.74, 6) is 0.220. The number of para-hydroxylation sites is 1. The van der Waals surface area contributed by atoms with E-state index in [1.807, 2.05) is 36.4 Å². The van der Waals surface area contributed by atoms with Crippen LogP contribution in [-0.2, 0) is 16.6 Å². The minimum Gasteiger partial charge on any atom is -0.508 e. The minimum absolute atomic E-state index is 0.0182. The molecule has 4 heteroatoms. The van der Waals surface area contributed by atoms with Gasteiger partial charge in [0.15, 0.2) is 0 Å². The van der Waals surface area contributed by atoms with Gasteiger partial charge in [-0.15, -0.1) is 0 Å². The molecule has 2 N–H and O–H groups in total. The molecule has 0 aromatic heterocycles. The molecule has 0 aliphatic heterocycles. The summed E-state index contributed by atoms with van der Waals surface area (Å²) in [6, 6.07) is 14.8. The van der Waals surface area contributed by atoms with Crippen molar-refractivity contribution in [1.29, 1.82) is 0 Å². The van der Waals surface area contributed by atoms with Gasteiger partial charge >= 0.3 is 0 Å². The molecule has 0 unspecified atom stereocenters. The largest absolute Gasteiger partial charge is 0.508 e. The summed E-state index contributed by atoms with van der Waals surface area (Å²) in [5, 5.41) is 13.4. The highest BCUT2D eigenvalue weighted by Crippen LogP contribution is 2.24. The Morgan fingerprint density at radius 1 is 1.13 bits per heavy atom. The number of hydrogen-bond donors (Lipinski definition) is 2. The average molecular weight is 332 g/mol. The van der Waals surface area contributed by atoms with Crippen molar-refractivity contribution in [2.45, 2.75) is 32.1 Å². The van der Waals surface area contributed by atoms with Crippen LogP contribution in [0.5, 0.6) is 5.75 Å². The van der Waals surface area contributed by atoms with Crippen LogP contribution in [0, 0.1) is 0 Å². The maximum absolute atomic E-state index is 12.0. The third-order valence-electron chi connectivity index (χ3n) is 3.97. The van der Waals surface area contributed by atoms with Crippen molar-refractivity contribution in [3.63, 3.8) is 0 Å². The Kier molecular flexibility index (Phi) is 5.67. The smallest absolute Gasteiger partial charge is 0.220 e. The van der Waals surface area contributed by atoms with Gasteiger partial charge in [-0.3, -0.25) is 4.79 Å². The first kappa shape index (κ1) is 17.4. The molecule has 2 aromatic rings. The zero-order chi connectivity index (χ0) is 16.9. The van der Waals surface area contributed by atoms with Gasteiger partial charge in [-0.2, -0.15) is 0 Å². The Morgan fingerprint density at radius 2 is 1.78 bits per heavy atom. The number of carbonyl (C=O) groups excluding carboxylic acids is 1. The summed E-state index contributed by atoms with van der Waals surface area (Å²) in [6.45, 7) is 4.72. The number of aryl methyl sites for hydroxylation is 1. The lowest BCUT2D eigenvalue weighted by Gasteiger charge is -2.25. The molecule has 23 heavy (non-hydrogen) atoms. The van der Waals surface area contributed by atoms with Crippen LogP contribution in [-0.4, -0.2) is 17.6 Å². The van der Waals surface area contributed by atoms with Crippen molar-refractivity contribution >= 4 is 17.5 Å². The van der Waals surface area contributed by atoms with Gasteiger partial charge < -0.3 is 10.4 Å². The first-order chi connectivity index (χ1) is 10.9. The van der Waals surface area contributed by atoms with Crippen LogP contribution in [0.2, 0.25) is 5.02 Å². The topological polar surface area (TPSA) is 49.3 Å². The van der Waals surface area contributed by atoms with Crippen LogP contribution >= 0.6 is 11.6 Å². The molecule has 0 aliphatic rings. The van der Waals surface area contributed by atoms with E-state index in [0.717, 1.165) is 11.1 Å². The third kappa shape index (κ3) is 5.00. The van der Waals surface area contributed by atoms with Gasteiger partial charge in [0.2, 0.25) is 5.91 Å². The van der Waals surface area contributed by atoms with Crippen LogP contribution in [0.3, 0.4) is 0 Å². The lowest BCUT2D eigenvalue weighted by Crippen LogP contribution is -2.36. The maximum Gasteiger partial charge on any atom is 0.220 e. The van der Waals surface area contributed by atoms with E-state index in [-0.39, 0.29) is 17.1 Å². The van der Waals surface area contributed by atoms with Crippen molar-refractivity contribution in [3.8, 4) is 5.75 Å². The van der Waals surface area contributed by atoms with Crippen molar-refractivity contribution in [3.05, 3.63) is 64.7 Å². The Morgan fingerprint density at radius 3 is 2.43 bits per heavy atom. The number of hydrogen-bond acceptors (Lipinski definition) is 2. The maximum atomic E-state index is 12.0. The quantitative estimate of drug-likeness (QED) is 0.838. The Balaban J connectivity index is 1.86. The zero-order valence-corrected chi connectivity index (χ0v) is 14.2. The summed E-state index contributed by atoms with van der Waals surface area (Å²) in [4.78, 5) is 12.0. The van der Waals surface area contributed by atoms with Gasteiger partial charge in [-0.25, -0.2) is 0 Å². The number of halogens is 1. The summed E-state index contributed by atoms with van der Waals surface area (Å²) in [7, 11) is 0. The number of rotatable bonds is 6. The van der Waals surface area contributed by atoms with Gasteiger partial charge in [0.25, 0.3) is 0 Å². The molecular weight excluding hydrogens is 310 g/mol. The number of phenols is 1. The van der Waals surface area contributed by atoms with Gasteiger partial charge in [-0.05, 0) is 35.7 Å². The number of aromatic hydroxyl groups is 1. The van der Waals surface area contributed by atoms with Gasteiger partial charge in [0.05, 0.1) is 0 Å². The summed E-state index contributed by atoms with van der Waals surface area (Å²) in [5.41, 5.74) is 1.75. The molecule has 3 nitrogen and oxygen atoms in total. The predicted octanol–water partition coefficient (Wildman–Crippen LogP) is 4.07. The molecule has 0 heterocycles. The summed E-state index contributed by atoms with van der Waals surface area (Å²) >= 11 is 5.91. The predicted molar refractivity (Wildman–Crippen MR) is 93.9 cm³/mol. The second-order valence-corrected chi connectivity index (χ2v) is 6.73. The fourth-order valence-corrected chi connectivity index (χ4v) is 2.51. The molecule has 0 radical (unpaired) electrons. The van der Waals surface area contributed by atoms with Crippen molar-refractivity contribution in [2.75, 3.05) is 6.54 Å². The molecule has 0 aliphatic carbocycles. The van der Waals surface area contributed by atoms with Gasteiger partial charge in [-0.1, -0.05) is 55.8 Å². The molecule has 0 bridgehead atoms. The van der Waals surface area contributed by atoms with E-state index in [4.69, 9.17) is 11.6 Å². The van der Waals surface area contributed by atoms with E-state index in [2.05, 4.69) is 19.2 Å². The Hall–Kier alpha value is -2.00. The second-order valence-electron chi connectivity index (χ2n) is 6.30. The molecule has 2 aromatic carbocycles. The fourth-order valence-electron chi connectivity index (χ4n) is 2.38. The number of phenolic OH excluding ortho intramolecular Hbond substituents is 1. The summed E-state index contributed by atoms with van der Waals surface area (Å²) < 4.78 is 0. The number of nitrogens with one attached hydrogen (secondary N) is 1. The van der Waals surface area contributed by atoms with E-state index in [1.54, 1.807) is 12.1 Å². The molecule has 0 atom stereocenters. The van der Waals surface area contributed by atoms with E-state index in [0.29, 0.717) is 24.4 Å². The van der Waals surface area contributed by atoms with Crippen LogP contribution in [0.1, 0.15) is 31.4 Å². The highest BCUT2D eigenvalue weighted by atomic mass is 35.5. The summed E-state index contributed by atoms with van der Waals surface area (Å²) in [6.07, 6.45) is 0.883. The SMILES string of the molecule is CC(C)(CNC(=O)CCc1ccccc1O)c1ccc(Cl)cc1. The number of carbonyl (C=O) groups is 1. The molecule has 122 valence electrons. The minimum atomic E-state index is -0.171. The number of benzene rings is 2. The molecular formula is C19H22ClNO2. The lowest BCUT2D eigenvalue weighted by molar-refractivity contribution is -0.121. The highest BCUT2D eigenvalue weighted by Gasteiger charge is 2.21. The normalized spacial score (nSPS) is 11.3. The van der Waals surface area contributed by atoms with Gasteiger partial charge in [0.1, 0.15) is 5.75 Å². The van der Waals surface area contributed by atoms with E-state index >= 15 is 0 Å². The van der Waals surface area contributed by atoms with Crippen LogP contribution in [0.4, 0.5) is 0 Å². The highest BCUT2D eigenvalue weighted by molar-refractivity contribution is 6.30. The standard InChI is InChI=1S/C19H22ClNO2/c1-19(2,15-8-10-16(20)11-9-15)13-21-18(23)12-7-14-5-3-4-6-17(14)22/h3-6,8-11,22H,7,12-13H2,1-2H3,(H,21,23). The van der Waals surface area contributed by atoms with Crippen LogP contribution in [0.15, 0.2) is 48.5 Å². The third-order valence-corrected chi connectivity index (χ3v) is 4.22. The monoisotopic (exact) mass is 331 g/mol. The van der Waals surface area contributed by atoms with Crippen LogP contribution in [0.25, 0.3) is 0 Å². The molecule has 1 amide bonds. The molecule has 0 fully saturated rings. The van der Waals surface area contributed by atoms with E-state index in [9.17, 15) is 9.90 Å².